The maximum atomic E-state index is 12.5. The number of alkyl halides is 3. The van der Waals surface area contributed by atoms with Crippen LogP contribution in [-0.2, 0) is 15.7 Å². The topological polar surface area (TPSA) is 58.6 Å². The Labute approximate surface area is 165 Å². The molecule has 0 spiro atoms. The van der Waals surface area contributed by atoms with Crippen molar-refractivity contribution in [3.8, 4) is 0 Å². The van der Waals surface area contributed by atoms with Crippen molar-refractivity contribution in [2.24, 2.45) is 0 Å². The van der Waals surface area contributed by atoms with Gasteiger partial charge in [0, 0.05) is 30.4 Å². The number of ether oxygens (including phenoxy) is 1. The third-order valence-electron chi connectivity index (χ3n) is 4.36. The summed E-state index contributed by atoms with van der Waals surface area (Å²) in [7, 11) is 0. The Bertz CT molecular complexity index is 885. The molecule has 0 radical (unpaired) electrons. The van der Waals surface area contributed by atoms with Crippen molar-refractivity contribution in [3.63, 3.8) is 0 Å². The lowest BCUT2D eigenvalue weighted by Crippen LogP contribution is -2.40. The van der Waals surface area contributed by atoms with Gasteiger partial charge in [-0.05, 0) is 48.0 Å². The number of anilines is 1. The molecule has 3 rings (SSSR count). The second-order valence-corrected chi connectivity index (χ2v) is 6.42. The fraction of sp³-hybridized carbons (Fsp3) is 0.238. The summed E-state index contributed by atoms with van der Waals surface area (Å²) in [4.78, 5) is 26.1. The molecule has 0 aliphatic carbocycles. The lowest BCUT2D eigenvalue weighted by molar-refractivity contribution is -0.137. The highest BCUT2D eigenvalue weighted by Crippen LogP contribution is 2.29. The lowest BCUT2D eigenvalue weighted by atomic mass is 10.1. The third kappa shape index (κ3) is 5.68. The van der Waals surface area contributed by atoms with E-state index in [0.29, 0.717) is 43.1 Å². The molecular formula is C21H19F3N2O3. The summed E-state index contributed by atoms with van der Waals surface area (Å²) in [6.45, 7) is 2.13. The Hall–Kier alpha value is -3.13. The number of rotatable bonds is 4. The van der Waals surface area contributed by atoms with Gasteiger partial charge in [-0.25, -0.2) is 0 Å². The molecule has 0 saturated carbocycles. The molecule has 1 saturated heterocycles. The van der Waals surface area contributed by atoms with E-state index in [2.05, 4.69) is 5.32 Å². The Morgan fingerprint density at radius 3 is 2.17 bits per heavy atom. The van der Waals surface area contributed by atoms with Crippen molar-refractivity contribution in [2.75, 3.05) is 31.6 Å². The average Bonchev–Trinajstić information content (AvgIpc) is 2.72. The van der Waals surface area contributed by atoms with Crippen molar-refractivity contribution in [1.82, 2.24) is 4.90 Å². The zero-order valence-corrected chi connectivity index (χ0v) is 15.4. The normalized spacial score (nSPS) is 14.8. The van der Waals surface area contributed by atoms with Gasteiger partial charge in [0.25, 0.3) is 5.91 Å². The van der Waals surface area contributed by atoms with Crippen LogP contribution in [0.5, 0.6) is 0 Å². The SMILES string of the molecule is O=C(C=Cc1ccc(C(F)(F)F)cc1)Nc1ccc(C(=O)N2CCOCC2)cc1. The minimum absolute atomic E-state index is 0.0895. The zero-order chi connectivity index (χ0) is 20.9. The highest BCUT2D eigenvalue weighted by atomic mass is 19.4. The Kier molecular flexibility index (Phi) is 6.33. The van der Waals surface area contributed by atoms with Crippen molar-refractivity contribution in [1.29, 1.82) is 0 Å². The van der Waals surface area contributed by atoms with Crippen molar-refractivity contribution in [3.05, 3.63) is 71.3 Å². The van der Waals surface area contributed by atoms with Gasteiger partial charge in [0.15, 0.2) is 0 Å². The number of nitrogens with zero attached hydrogens (tertiary/aromatic N) is 1. The molecule has 29 heavy (non-hydrogen) atoms. The molecule has 5 nitrogen and oxygen atoms in total. The largest absolute Gasteiger partial charge is 0.416 e. The van der Waals surface area contributed by atoms with E-state index in [9.17, 15) is 22.8 Å². The summed E-state index contributed by atoms with van der Waals surface area (Å²) < 4.78 is 42.9. The minimum Gasteiger partial charge on any atom is -0.378 e. The maximum absolute atomic E-state index is 12.5. The molecule has 0 unspecified atom stereocenters. The first-order valence-corrected chi connectivity index (χ1v) is 8.96. The predicted molar refractivity (Wildman–Crippen MR) is 102 cm³/mol. The minimum atomic E-state index is -4.39. The molecule has 2 aromatic carbocycles. The van der Waals surface area contributed by atoms with Crippen LogP contribution in [-0.4, -0.2) is 43.0 Å². The molecule has 2 aromatic rings. The number of halogens is 3. The van der Waals surface area contributed by atoms with Gasteiger partial charge in [-0.1, -0.05) is 12.1 Å². The fourth-order valence-corrected chi connectivity index (χ4v) is 2.78. The molecule has 0 atom stereocenters. The molecule has 0 aromatic heterocycles. The van der Waals surface area contributed by atoms with Gasteiger partial charge in [0.05, 0.1) is 18.8 Å². The number of benzene rings is 2. The molecule has 1 aliphatic heterocycles. The van der Waals surface area contributed by atoms with Crippen LogP contribution in [0.1, 0.15) is 21.5 Å². The van der Waals surface area contributed by atoms with Crippen molar-refractivity contribution >= 4 is 23.6 Å². The smallest absolute Gasteiger partial charge is 0.378 e. The van der Waals surface area contributed by atoms with Gasteiger partial charge in [-0.15, -0.1) is 0 Å². The van der Waals surface area contributed by atoms with Gasteiger partial charge in [-0.3, -0.25) is 9.59 Å². The van der Waals surface area contributed by atoms with E-state index in [1.807, 2.05) is 0 Å². The van der Waals surface area contributed by atoms with E-state index in [1.54, 1.807) is 29.2 Å². The van der Waals surface area contributed by atoms with Gasteiger partial charge < -0.3 is 15.0 Å². The monoisotopic (exact) mass is 404 g/mol. The van der Waals surface area contributed by atoms with Crippen LogP contribution in [0.25, 0.3) is 6.08 Å². The highest BCUT2D eigenvalue weighted by molar-refractivity contribution is 6.02. The third-order valence-corrected chi connectivity index (χ3v) is 4.36. The van der Waals surface area contributed by atoms with E-state index in [-0.39, 0.29) is 5.91 Å². The maximum Gasteiger partial charge on any atom is 0.416 e. The number of amides is 2. The van der Waals surface area contributed by atoms with Crippen LogP contribution in [0.2, 0.25) is 0 Å². The first-order chi connectivity index (χ1) is 13.8. The number of carbonyl (C=O) groups is 2. The lowest BCUT2D eigenvalue weighted by Gasteiger charge is -2.26. The van der Waals surface area contributed by atoms with E-state index < -0.39 is 17.6 Å². The van der Waals surface area contributed by atoms with Crippen LogP contribution in [0, 0.1) is 0 Å². The molecule has 1 heterocycles. The molecule has 0 bridgehead atoms. The molecule has 8 heteroatoms. The summed E-state index contributed by atoms with van der Waals surface area (Å²) >= 11 is 0. The first kappa shape index (κ1) is 20.6. The molecule has 152 valence electrons. The van der Waals surface area contributed by atoms with Crippen LogP contribution in [0.3, 0.4) is 0 Å². The number of carbonyl (C=O) groups excluding carboxylic acids is 2. The molecule has 1 aliphatic rings. The Morgan fingerprint density at radius 2 is 1.59 bits per heavy atom. The van der Waals surface area contributed by atoms with Crippen molar-refractivity contribution in [2.45, 2.75) is 6.18 Å². The fourth-order valence-electron chi connectivity index (χ4n) is 2.78. The number of hydrogen-bond acceptors (Lipinski definition) is 3. The molecule has 1 N–H and O–H groups in total. The second kappa shape index (κ2) is 8.91. The average molecular weight is 404 g/mol. The van der Waals surface area contributed by atoms with E-state index in [0.717, 1.165) is 12.1 Å². The predicted octanol–water partition coefficient (Wildman–Crippen LogP) is 3.83. The van der Waals surface area contributed by atoms with Crippen molar-refractivity contribution < 1.29 is 27.5 Å². The summed E-state index contributed by atoms with van der Waals surface area (Å²) in [6.07, 6.45) is -1.74. The number of morpholine rings is 1. The highest BCUT2D eigenvalue weighted by Gasteiger charge is 2.29. The molecule has 2 amide bonds. The summed E-state index contributed by atoms with van der Waals surface area (Å²) in [5, 5.41) is 2.64. The molecular weight excluding hydrogens is 385 g/mol. The Balaban J connectivity index is 1.56. The number of nitrogens with one attached hydrogen (secondary N) is 1. The van der Waals surface area contributed by atoms with Gasteiger partial charge >= 0.3 is 6.18 Å². The van der Waals surface area contributed by atoms with E-state index in [4.69, 9.17) is 4.74 Å². The quantitative estimate of drug-likeness (QED) is 0.788. The van der Waals surface area contributed by atoms with Gasteiger partial charge in [0.2, 0.25) is 5.91 Å². The summed E-state index contributed by atoms with van der Waals surface area (Å²) in [5.41, 5.74) is 0.751. The summed E-state index contributed by atoms with van der Waals surface area (Å²) in [5.74, 6) is -0.523. The zero-order valence-electron chi connectivity index (χ0n) is 15.4. The Morgan fingerprint density at radius 1 is 0.966 bits per heavy atom. The second-order valence-electron chi connectivity index (χ2n) is 6.42. The van der Waals surface area contributed by atoms with E-state index >= 15 is 0 Å². The van der Waals surface area contributed by atoms with Gasteiger partial charge in [-0.2, -0.15) is 13.2 Å². The van der Waals surface area contributed by atoms with Crippen LogP contribution < -0.4 is 5.32 Å². The van der Waals surface area contributed by atoms with Gasteiger partial charge in [0.1, 0.15) is 0 Å². The summed E-state index contributed by atoms with van der Waals surface area (Å²) in [6, 6.07) is 11.0. The van der Waals surface area contributed by atoms with E-state index in [1.165, 1.54) is 24.3 Å². The van der Waals surface area contributed by atoms with Crippen LogP contribution in [0.15, 0.2) is 54.6 Å². The van der Waals surface area contributed by atoms with Crippen LogP contribution in [0.4, 0.5) is 18.9 Å². The number of hydrogen-bond donors (Lipinski definition) is 1. The first-order valence-electron chi connectivity index (χ1n) is 8.96. The standard InChI is InChI=1S/C21H19F3N2O3/c22-21(23,24)17-6-1-15(2-7-17)3-10-19(27)25-18-8-4-16(5-9-18)20(28)26-11-13-29-14-12-26/h1-10H,11-14H2,(H,25,27). The van der Waals surface area contributed by atoms with Crippen LogP contribution >= 0.6 is 0 Å². The molecule has 1 fully saturated rings.